The molecule has 96 valence electrons. The van der Waals surface area contributed by atoms with E-state index in [-0.39, 0.29) is 16.4 Å². The lowest BCUT2D eigenvalue weighted by Gasteiger charge is -2.09. The standard InChI is InChI=1S/C15H10ClF2N/c16-14-3-1-2-11(15(14)18)8-12(9-19)10-4-6-13(17)7-5-10/h2,4-8H,1,3H2/b12-8+. The number of nitriles is 1. The third-order valence-electron chi connectivity index (χ3n) is 2.80. The second-order valence-electron chi connectivity index (χ2n) is 4.09. The fourth-order valence-corrected chi connectivity index (χ4v) is 2.02. The van der Waals surface area contributed by atoms with E-state index < -0.39 is 5.83 Å². The second kappa shape index (κ2) is 5.81. The van der Waals surface area contributed by atoms with Crippen LogP contribution in [0.3, 0.4) is 0 Å². The van der Waals surface area contributed by atoms with Crippen molar-refractivity contribution in [3.05, 3.63) is 64.2 Å². The van der Waals surface area contributed by atoms with Gasteiger partial charge >= 0.3 is 0 Å². The predicted octanol–water partition coefficient (Wildman–Crippen LogP) is 4.87. The van der Waals surface area contributed by atoms with Crippen molar-refractivity contribution in [1.82, 2.24) is 0 Å². The summed E-state index contributed by atoms with van der Waals surface area (Å²) in [5, 5.41) is 9.29. The molecule has 1 aromatic rings. The van der Waals surface area contributed by atoms with E-state index in [0.717, 1.165) is 0 Å². The van der Waals surface area contributed by atoms with Crippen LogP contribution in [-0.2, 0) is 0 Å². The number of halogens is 3. The Kier molecular flexibility index (Phi) is 4.13. The molecule has 0 amide bonds. The highest BCUT2D eigenvalue weighted by atomic mass is 35.5. The van der Waals surface area contributed by atoms with Crippen LogP contribution >= 0.6 is 11.6 Å². The van der Waals surface area contributed by atoms with Crippen LogP contribution in [0.25, 0.3) is 5.57 Å². The summed E-state index contributed by atoms with van der Waals surface area (Å²) in [6.07, 6.45) is 4.25. The van der Waals surface area contributed by atoms with Gasteiger partial charge < -0.3 is 0 Å². The van der Waals surface area contributed by atoms with Crippen molar-refractivity contribution < 1.29 is 8.78 Å². The van der Waals surface area contributed by atoms with E-state index in [1.54, 1.807) is 6.08 Å². The largest absolute Gasteiger partial charge is 0.207 e. The van der Waals surface area contributed by atoms with E-state index in [1.807, 2.05) is 6.07 Å². The molecule has 0 aliphatic heterocycles. The second-order valence-corrected chi connectivity index (χ2v) is 4.55. The van der Waals surface area contributed by atoms with Gasteiger partial charge in [0.25, 0.3) is 0 Å². The van der Waals surface area contributed by atoms with Gasteiger partial charge in [-0.25, -0.2) is 8.78 Å². The first-order valence-electron chi connectivity index (χ1n) is 5.74. The molecule has 1 aromatic carbocycles. The van der Waals surface area contributed by atoms with Gasteiger partial charge in [-0.1, -0.05) is 29.8 Å². The quantitative estimate of drug-likeness (QED) is 0.707. The van der Waals surface area contributed by atoms with Gasteiger partial charge in [-0.05, 0) is 36.6 Å². The number of allylic oxidation sites excluding steroid dienone is 6. The van der Waals surface area contributed by atoms with E-state index in [4.69, 9.17) is 16.9 Å². The molecule has 0 unspecified atom stereocenters. The van der Waals surface area contributed by atoms with Crippen LogP contribution < -0.4 is 0 Å². The molecule has 2 rings (SSSR count). The zero-order valence-corrected chi connectivity index (χ0v) is 10.7. The number of rotatable bonds is 2. The first-order valence-corrected chi connectivity index (χ1v) is 6.12. The highest BCUT2D eigenvalue weighted by Crippen LogP contribution is 2.31. The van der Waals surface area contributed by atoms with Crippen molar-refractivity contribution in [3.63, 3.8) is 0 Å². The van der Waals surface area contributed by atoms with Crippen LogP contribution in [0.5, 0.6) is 0 Å². The van der Waals surface area contributed by atoms with E-state index in [0.29, 0.717) is 24.0 Å². The molecule has 1 aliphatic carbocycles. The number of nitrogens with zero attached hydrogens (tertiary/aromatic N) is 1. The third-order valence-corrected chi connectivity index (χ3v) is 3.15. The van der Waals surface area contributed by atoms with Crippen LogP contribution in [0.15, 0.2) is 52.8 Å². The molecule has 19 heavy (non-hydrogen) atoms. The van der Waals surface area contributed by atoms with E-state index >= 15 is 0 Å². The molecule has 0 saturated carbocycles. The molecular formula is C15H10ClF2N. The lowest BCUT2D eigenvalue weighted by Crippen LogP contribution is -1.93. The molecule has 0 saturated heterocycles. The minimum Gasteiger partial charge on any atom is -0.207 e. The topological polar surface area (TPSA) is 23.8 Å². The maximum atomic E-state index is 13.8. The number of hydrogen-bond acceptors (Lipinski definition) is 1. The van der Waals surface area contributed by atoms with Crippen LogP contribution in [0.4, 0.5) is 8.78 Å². The van der Waals surface area contributed by atoms with Gasteiger partial charge in [0.2, 0.25) is 0 Å². The Morgan fingerprint density at radius 1 is 1.26 bits per heavy atom. The van der Waals surface area contributed by atoms with Crippen LogP contribution in [0, 0.1) is 17.1 Å². The van der Waals surface area contributed by atoms with E-state index in [1.165, 1.54) is 30.3 Å². The summed E-state index contributed by atoms with van der Waals surface area (Å²) in [7, 11) is 0. The van der Waals surface area contributed by atoms with Gasteiger partial charge in [0, 0.05) is 5.57 Å². The van der Waals surface area contributed by atoms with Crippen molar-refractivity contribution in [1.29, 1.82) is 5.26 Å². The van der Waals surface area contributed by atoms with Crippen LogP contribution in [0.2, 0.25) is 0 Å². The highest BCUT2D eigenvalue weighted by molar-refractivity contribution is 6.30. The molecule has 0 fully saturated rings. The fourth-order valence-electron chi connectivity index (χ4n) is 1.80. The van der Waals surface area contributed by atoms with Crippen molar-refractivity contribution in [2.24, 2.45) is 0 Å². The SMILES string of the molecule is N#C/C(=C\C1=CCCC(Cl)=C1F)c1ccc(F)cc1. The van der Waals surface area contributed by atoms with Gasteiger partial charge in [0.05, 0.1) is 16.7 Å². The summed E-state index contributed by atoms with van der Waals surface area (Å²) in [5.41, 5.74) is 1.11. The minimum absolute atomic E-state index is 0.171. The Morgan fingerprint density at radius 3 is 2.58 bits per heavy atom. The monoisotopic (exact) mass is 277 g/mol. The molecule has 1 nitrogen and oxygen atoms in total. The van der Waals surface area contributed by atoms with Gasteiger partial charge in [0.1, 0.15) is 11.6 Å². The smallest absolute Gasteiger partial charge is 0.144 e. The zero-order chi connectivity index (χ0) is 13.8. The van der Waals surface area contributed by atoms with Crippen LogP contribution in [0.1, 0.15) is 18.4 Å². The van der Waals surface area contributed by atoms with Crippen molar-refractivity contribution >= 4 is 17.2 Å². The Bertz CT molecular complexity index is 619. The average molecular weight is 278 g/mol. The summed E-state index contributed by atoms with van der Waals surface area (Å²) in [4.78, 5) is 0. The van der Waals surface area contributed by atoms with Crippen molar-refractivity contribution in [2.75, 3.05) is 0 Å². The number of hydrogen-bond donors (Lipinski definition) is 0. The molecule has 0 N–H and O–H groups in total. The van der Waals surface area contributed by atoms with Crippen molar-refractivity contribution in [3.8, 4) is 6.07 Å². The van der Waals surface area contributed by atoms with Crippen LogP contribution in [-0.4, -0.2) is 0 Å². The molecule has 0 bridgehead atoms. The maximum Gasteiger partial charge on any atom is 0.144 e. The summed E-state index contributed by atoms with van der Waals surface area (Å²) < 4.78 is 26.6. The van der Waals surface area contributed by atoms with Crippen molar-refractivity contribution in [2.45, 2.75) is 12.8 Å². The van der Waals surface area contributed by atoms with Gasteiger partial charge in [-0.3, -0.25) is 0 Å². The first-order chi connectivity index (χ1) is 9.11. The minimum atomic E-state index is -0.497. The van der Waals surface area contributed by atoms with E-state index in [2.05, 4.69) is 0 Å². The van der Waals surface area contributed by atoms with Gasteiger partial charge in [0.15, 0.2) is 0 Å². The van der Waals surface area contributed by atoms with E-state index in [9.17, 15) is 8.78 Å². The molecule has 1 aliphatic rings. The molecule has 0 spiro atoms. The molecule has 0 atom stereocenters. The maximum absolute atomic E-state index is 13.8. The average Bonchev–Trinajstić information content (AvgIpc) is 2.42. The fraction of sp³-hybridized carbons (Fsp3) is 0.133. The Hall–Kier alpha value is -1.92. The lowest BCUT2D eigenvalue weighted by molar-refractivity contribution is 0.627. The highest BCUT2D eigenvalue weighted by Gasteiger charge is 2.14. The van der Waals surface area contributed by atoms with Gasteiger partial charge in [-0.2, -0.15) is 5.26 Å². The molecular weight excluding hydrogens is 268 g/mol. The summed E-state index contributed by atoms with van der Waals surface area (Å²) >= 11 is 5.76. The number of benzene rings is 1. The first kappa shape index (κ1) is 13.5. The zero-order valence-electron chi connectivity index (χ0n) is 9.96. The summed E-state index contributed by atoms with van der Waals surface area (Å²) in [6.45, 7) is 0. The normalized spacial score (nSPS) is 16.1. The Morgan fingerprint density at radius 2 is 1.95 bits per heavy atom. The Balaban J connectivity index is 2.38. The molecule has 0 heterocycles. The Labute approximate surface area is 115 Å². The molecule has 4 heteroatoms. The summed E-state index contributed by atoms with van der Waals surface area (Å²) in [6, 6.07) is 7.47. The third kappa shape index (κ3) is 3.10. The lowest BCUT2D eigenvalue weighted by atomic mass is 10.00. The predicted molar refractivity (Wildman–Crippen MR) is 71.3 cm³/mol. The summed E-state index contributed by atoms with van der Waals surface area (Å²) in [5.74, 6) is -0.880. The molecule has 0 aromatic heterocycles. The molecule has 0 radical (unpaired) electrons. The van der Waals surface area contributed by atoms with Gasteiger partial charge in [-0.15, -0.1) is 0 Å².